The van der Waals surface area contributed by atoms with Gasteiger partial charge in [0, 0.05) is 12.6 Å². The Bertz CT molecular complexity index is 596. The Labute approximate surface area is 135 Å². The van der Waals surface area contributed by atoms with Crippen LogP contribution < -0.4 is 10.1 Å². The number of hydrogen-bond donors (Lipinski definition) is 1. The molecule has 0 unspecified atom stereocenters. The van der Waals surface area contributed by atoms with Crippen molar-refractivity contribution in [2.75, 3.05) is 0 Å². The number of aryl methyl sites for hydroxylation is 1. The van der Waals surface area contributed by atoms with Crippen LogP contribution in [-0.4, -0.2) is 6.04 Å². The Morgan fingerprint density at radius 1 is 1.10 bits per heavy atom. The van der Waals surface area contributed by atoms with Crippen molar-refractivity contribution in [2.45, 2.75) is 40.0 Å². The largest absolute Gasteiger partial charge is 0.488 e. The molecular weight excluding hydrogens is 326 g/mol. The predicted molar refractivity (Wildman–Crippen MR) is 91.6 cm³/mol. The Balaban J connectivity index is 1.97. The van der Waals surface area contributed by atoms with E-state index in [1.165, 1.54) is 16.7 Å². The molecular formula is C18H22BrNO. The molecule has 0 aliphatic rings. The van der Waals surface area contributed by atoms with E-state index in [4.69, 9.17) is 4.74 Å². The zero-order valence-corrected chi connectivity index (χ0v) is 14.4. The third-order valence-corrected chi connectivity index (χ3v) is 3.81. The lowest BCUT2D eigenvalue weighted by atomic mass is 10.1. The first-order chi connectivity index (χ1) is 10.0. The summed E-state index contributed by atoms with van der Waals surface area (Å²) in [5.41, 5.74) is 3.69. The number of halogens is 1. The van der Waals surface area contributed by atoms with Crippen molar-refractivity contribution in [3.8, 4) is 5.75 Å². The van der Waals surface area contributed by atoms with Gasteiger partial charge in [0.2, 0.25) is 0 Å². The Kier molecular flexibility index (Phi) is 5.83. The van der Waals surface area contributed by atoms with Gasteiger partial charge in [-0.1, -0.05) is 49.7 Å². The quantitative estimate of drug-likeness (QED) is 0.807. The first-order valence-electron chi connectivity index (χ1n) is 7.25. The van der Waals surface area contributed by atoms with Crippen LogP contribution in [-0.2, 0) is 13.2 Å². The van der Waals surface area contributed by atoms with Crippen molar-refractivity contribution < 1.29 is 4.74 Å². The second kappa shape index (κ2) is 7.62. The summed E-state index contributed by atoms with van der Waals surface area (Å²) in [6, 6.07) is 15.1. The van der Waals surface area contributed by atoms with E-state index in [1.54, 1.807) is 0 Å². The molecule has 3 heteroatoms. The topological polar surface area (TPSA) is 21.3 Å². The maximum absolute atomic E-state index is 5.89. The van der Waals surface area contributed by atoms with Crippen LogP contribution in [0, 0.1) is 6.92 Å². The molecule has 0 saturated carbocycles. The molecule has 0 amide bonds. The minimum atomic E-state index is 0.487. The van der Waals surface area contributed by atoms with Crippen molar-refractivity contribution in [1.82, 2.24) is 5.32 Å². The van der Waals surface area contributed by atoms with E-state index in [2.05, 4.69) is 78.4 Å². The van der Waals surface area contributed by atoms with Crippen molar-refractivity contribution in [2.24, 2.45) is 0 Å². The van der Waals surface area contributed by atoms with Crippen LogP contribution in [0.25, 0.3) is 0 Å². The molecule has 0 radical (unpaired) electrons. The lowest BCUT2D eigenvalue weighted by Crippen LogP contribution is -2.21. The van der Waals surface area contributed by atoms with E-state index >= 15 is 0 Å². The molecule has 0 bridgehead atoms. The van der Waals surface area contributed by atoms with Gasteiger partial charge in [0.1, 0.15) is 12.4 Å². The van der Waals surface area contributed by atoms with E-state index < -0.39 is 0 Å². The summed E-state index contributed by atoms with van der Waals surface area (Å²) < 4.78 is 6.89. The van der Waals surface area contributed by atoms with Crippen molar-refractivity contribution in [3.63, 3.8) is 0 Å². The zero-order valence-electron chi connectivity index (χ0n) is 12.8. The van der Waals surface area contributed by atoms with E-state index in [0.717, 1.165) is 16.8 Å². The van der Waals surface area contributed by atoms with Crippen molar-refractivity contribution >= 4 is 15.9 Å². The first kappa shape index (κ1) is 16.1. The summed E-state index contributed by atoms with van der Waals surface area (Å²) in [7, 11) is 0. The lowest BCUT2D eigenvalue weighted by molar-refractivity contribution is 0.304. The smallest absolute Gasteiger partial charge is 0.134 e. The minimum Gasteiger partial charge on any atom is -0.488 e. The van der Waals surface area contributed by atoms with E-state index in [1.807, 2.05) is 6.07 Å². The average Bonchev–Trinajstić information content (AvgIpc) is 2.44. The molecule has 0 spiro atoms. The van der Waals surface area contributed by atoms with Crippen LogP contribution in [0.1, 0.15) is 30.5 Å². The van der Waals surface area contributed by atoms with Gasteiger partial charge in [-0.05, 0) is 46.1 Å². The number of hydrogen-bond acceptors (Lipinski definition) is 2. The third-order valence-electron chi connectivity index (χ3n) is 3.19. The molecule has 0 fully saturated rings. The molecule has 2 aromatic rings. The van der Waals surface area contributed by atoms with Crippen LogP contribution in [0.3, 0.4) is 0 Å². The molecule has 112 valence electrons. The van der Waals surface area contributed by atoms with Gasteiger partial charge in [-0.3, -0.25) is 0 Å². The zero-order chi connectivity index (χ0) is 15.2. The fourth-order valence-corrected chi connectivity index (χ4v) is 2.60. The lowest BCUT2D eigenvalue weighted by Gasteiger charge is -2.12. The van der Waals surface area contributed by atoms with Crippen LogP contribution in [0.15, 0.2) is 46.9 Å². The highest BCUT2D eigenvalue weighted by atomic mass is 79.9. The van der Waals surface area contributed by atoms with Crippen LogP contribution in [0.2, 0.25) is 0 Å². The van der Waals surface area contributed by atoms with Crippen molar-refractivity contribution in [1.29, 1.82) is 0 Å². The third kappa shape index (κ3) is 5.18. The molecule has 0 aromatic heterocycles. The summed E-state index contributed by atoms with van der Waals surface area (Å²) in [5, 5.41) is 3.41. The molecule has 0 saturated heterocycles. The van der Waals surface area contributed by atoms with Crippen LogP contribution in [0.4, 0.5) is 0 Å². The molecule has 0 atom stereocenters. The van der Waals surface area contributed by atoms with Gasteiger partial charge in [0.15, 0.2) is 0 Å². The summed E-state index contributed by atoms with van der Waals surface area (Å²) in [6.07, 6.45) is 0. The second-order valence-electron chi connectivity index (χ2n) is 5.58. The molecule has 21 heavy (non-hydrogen) atoms. The molecule has 0 aliphatic carbocycles. The molecule has 0 aliphatic heterocycles. The van der Waals surface area contributed by atoms with Gasteiger partial charge >= 0.3 is 0 Å². The molecule has 2 rings (SSSR count). The Morgan fingerprint density at radius 2 is 1.90 bits per heavy atom. The number of rotatable bonds is 6. The highest BCUT2D eigenvalue weighted by molar-refractivity contribution is 9.10. The molecule has 1 N–H and O–H groups in total. The number of nitrogens with one attached hydrogen (secondary N) is 1. The SMILES string of the molecule is Cc1cccc(COc2ccc(CNC(C)C)cc2Br)c1. The first-order valence-corrected chi connectivity index (χ1v) is 8.04. The van der Waals surface area contributed by atoms with Gasteiger partial charge < -0.3 is 10.1 Å². The summed E-state index contributed by atoms with van der Waals surface area (Å²) in [4.78, 5) is 0. The minimum absolute atomic E-state index is 0.487. The fraction of sp³-hybridized carbons (Fsp3) is 0.333. The average molecular weight is 348 g/mol. The van der Waals surface area contributed by atoms with Gasteiger partial charge in [-0.2, -0.15) is 0 Å². The van der Waals surface area contributed by atoms with E-state index in [0.29, 0.717) is 12.6 Å². The van der Waals surface area contributed by atoms with Crippen LogP contribution in [0.5, 0.6) is 5.75 Å². The normalized spacial score (nSPS) is 10.9. The van der Waals surface area contributed by atoms with Gasteiger partial charge in [0.05, 0.1) is 4.47 Å². The second-order valence-corrected chi connectivity index (χ2v) is 6.43. The Hall–Kier alpha value is -1.32. The van der Waals surface area contributed by atoms with Crippen molar-refractivity contribution in [3.05, 3.63) is 63.6 Å². The molecule has 2 aromatic carbocycles. The number of ether oxygens (including phenoxy) is 1. The highest BCUT2D eigenvalue weighted by Gasteiger charge is 2.04. The summed E-state index contributed by atoms with van der Waals surface area (Å²) in [5.74, 6) is 0.879. The van der Waals surface area contributed by atoms with Gasteiger partial charge in [0.25, 0.3) is 0 Å². The molecule has 0 heterocycles. The Morgan fingerprint density at radius 3 is 2.57 bits per heavy atom. The monoisotopic (exact) mass is 347 g/mol. The van der Waals surface area contributed by atoms with E-state index in [9.17, 15) is 0 Å². The molecule has 2 nitrogen and oxygen atoms in total. The van der Waals surface area contributed by atoms with E-state index in [-0.39, 0.29) is 0 Å². The predicted octanol–water partition coefficient (Wildman–Crippen LogP) is 4.83. The number of benzene rings is 2. The maximum Gasteiger partial charge on any atom is 0.134 e. The van der Waals surface area contributed by atoms with Gasteiger partial charge in [-0.25, -0.2) is 0 Å². The van der Waals surface area contributed by atoms with Gasteiger partial charge in [-0.15, -0.1) is 0 Å². The fourth-order valence-electron chi connectivity index (χ4n) is 2.06. The van der Waals surface area contributed by atoms with Crippen LogP contribution >= 0.6 is 15.9 Å². The highest BCUT2D eigenvalue weighted by Crippen LogP contribution is 2.27. The summed E-state index contributed by atoms with van der Waals surface area (Å²) >= 11 is 3.59. The standard InChI is InChI=1S/C18H22BrNO/c1-13(2)20-11-15-7-8-18(17(19)10-15)21-12-16-6-4-5-14(3)9-16/h4-10,13,20H,11-12H2,1-3H3. The maximum atomic E-state index is 5.89. The summed E-state index contributed by atoms with van der Waals surface area (Å²) in [6.45, 7) is 7.84.